The zero-order valence-electron chi connectivity index (χ0n) is 45.1. The molecule has 0 bridgehead atoms. The van der Waals surface area contributed by atoms with Gasteiger partial charge in [0.2, 0.25) is 6.71 Å². The molecular formula is C72H53B3N4S. The Labute approximate surface area is 473 Å². The van der Waals surface area contributed by atoms with Gasteiger partial charge in [0, 0.05) is 88.4 Å². The molecule has 0 spiro atoms. The summed E-state index contributed by atoms with van der Waals surface area (Å²) in [6.45, 7) is 9.37. The van der Waals surface area contributed by atoms with Crippen LogP contribution in [0.2, 0.25) is 0 Å². The summed E-state index contributed by atoms with van der Waals surface area (Å²) in [5, 5.41) is 2.62. The molecule has 0 fully saturated rings. The molecule has 8 heteroatoms. The molecule has 5 aliphatic rings. The van der Waals surface area contributed by atoms with E-state index in [1.807, 2.05) is 11.3 Å². The van der Waals surface area contributed by atoms with Crippen molar-refractivity contribution in [2.24, 2.45) is 0 Å². The highest BCUT2D eigenvalue weighted by atomic mass is 32.1. The van der Waals surface area contributed by atoms with E-state index in [-0.39, 0.29) is 20.1 Å². The van der Waals surface area contributed by atoms with Crippen molar-refractivity contribution in [1.29, 1.82) is 0 Å². The monoisotopic (exact) mass is 1040 g/mol. The first-order chi connectivity index (χ1) is 39.4. The summed E-state index contributed by atoms with van der Waals surface area (Å²) >= 11 is 1.92. The van der Waals surface area contributed by atoms with Crippen LogP contribution in [0.5, 0.6) is 0 Å². The van der Waals surface area contributed by atoms with E-state index in [1.165, 1.54) is 132 Å². The number of hydrogen-bond acceptors (Lipinski definition) is 5. The van der Waals surface area contributed by atoms with Crippen LogP contribution in [0.4, 0.5) is 68.2 Å². The van der Waals surface area contributed by atoms with Crippen LogP contribution in [-0.4, -0.2) is 20.1 Å². The van der Waals surface area contributed by atoms with Crippen LogP contribution in [0.25, 0.3) is 20.2 Å². The Morgan fingerprint density at radius 3 is 1.23 bits per heavy atom. The summed E-state index contributed by atoms with van der Waals surface area (Å²) in [6.07, 6.45) is 0. The normalized spacial score (nSPS) is 14.1. The van der Waals surface area contributed by atoms with E-state index >= 15 is 0 Å². The Kier molecular flexibility index (Phi) is 9.93. The maximum atomic E-state index is 2.70. The number of benzene rings is 11. The van der Waals surface area contributed by atoms with Crippen LogP contribution in [0.15, 0.2) is 237 Å². The fourth-order valence-electron chi connectivity index (χ4n) is 15.0. The third-order valence-corrected chi connectivity index (χ3v) is 19.3. The highest BCUT2D eigenvalue weighted by Crippen LogP contribution is 2.52. The molecule has 0 N–H and O–H groups in total. The van der Waals surface area contributed by atoms with Gasteiger partial charge in [0.25, 0.3) is 13.4 Å². The second-order valence-corrected chi connectivity index (χ2v) is 24.1. The fraction of sp³-hybridized carbons (Fsp3) is 0.0833. The highest BCUT2D eigenvalue weighted by molar-refractivity contribution is 7.26. The molecular weight excluding hydrogens is 985 g/mol. The number of para-hydroxylation sites is 6. The van der Waals surface area contributed by atoms with Crippen molar-refractivity contribution in [3.05, 3.63) is 248 Å². The van der Waals surface area contributed by atoms with Crippen molar-refractivity contribution in [3.8, 4) is 0 Å². The molecule has 17 rings (SSSR count). The number of hydrogen-bond donors (Lipinski definition) is 0. The topological polar surface area (TPSA) is 13.0 Å². The largest absolute Gasteiger partial charge is 0.312 e. The van der Waals surface area contributed by atoms with Crippen LogP contribution in [-0.2, 0) is 0 Å². The summed E-state index contributed by atoms with van der Waals surface area (Å²) in [5.74, 6) is 0.639. The van der Waals surface area contributed by atoms with Crippen molar-refractivity contribution in [3.63, 3.8) is 0 Å². The van der Waals surface area contributed by atoms with E-state index in [1.54, 1.807) is 0 Å². The Morgan fingerprint density at radius 2 is 0.688 bits per heavy atom. The van der Waals surface area contributed by atoms with Crippen LogP contribution < -0.4 is 68.8 Å². The molecule has 0 atom stereocenters. The highest BCUT2D eigenvalue weighted by Gasteiger charge is 2.53. The SMILES string of the molecule is CC(C)c1cccc(C(C)C)c1B1c2ccccc2N(c2ccccc2)c2cc3c(cc21)B1c2cc4sc5ccccc5c4cc2N2c4ccccc4B4c5ccccc5N(c5ccccc5)c5cc(c1c2c54)N3c1ccccc1. The zero-order valence-corrected chi connectivity index (χ0v) is 45.9. The average molecular weight is 1040 g/mol. The molecule has 5 aliphatic heterocycles. The van der Waals surface area contributed by atoms with E-state index in [4.69, 9.17) is 0 Å². The Balaban J connectivity index is 1.06. The zero-order chi connectivity index (χ0) is 53.1. The quantitative estimate of drug-likeness (QED) is 0.154. The second-order valence-electron chi connectivity index (χ2n) is 23.0. The summed E-state index contributed by atoms with van der Waals surface area (Å²) < 4.78 is 2.63. The summed E-state index contributed by atoms with van der Waals surface area (Å²) in [5.41, 5.74) is 29.5. The van der Waals surface area contributed by atoms with Crippen LogP contribution in [0.1, 0.15) is 50.7 Å². The van der Waals surface area contributed by atoms with Gasteiger partial charge in [-0.05, 0) is 152 Å². The van der Waals surface area contributed by atoms with Gasteiger partial charge < -0.3 is 19.6 Å². The van der Waals surface area contributed by atoms with Crippen molar-refractivity contribution in [2.45, 2.75) is 39.5 Å². The van der Waals surface area contributed by atoms with Gasteiger partial charge in [-0.2, -0.15) is 0 Å². The Hall–Kier alpha value is -8.97. The van der Waals surface area contributed by atoms with Crippen molar-refractivity contribution in [2.75, 3.05) is 19.6 Å². The van der Waals surface area contributed by atoms with Gasteiger partial charge in [0.15, 0.2) is 0 Å². The van der Waals surface area contributed by atoms with E-state index in [0.717, 1.165) is 17.1 Å². The molecule has 11 aromatic carbocycles. The van der Waals surface area contributed by atoms with E-state index < -0.39 is 0 Å². The molecule has 0 saturated heterocycles. The lowest BCUT2D eigenvalue weighted by Gasteiger charge is -2.51. The minimum atomic E-state index is -0.118. The average Bonchev–Trinajstić information content (AvgIpc) is 1.82. The van der Waals surface area contributed by atoms with Crippen molar-refractivity contribution >= 4 is 169 Å². The van der Waals surface area contributed by atoms with Gasteiger partial charge in [-0.1, -0.05) is 185 Å². The summed E-state index contributed by atoms with van der Waals surface area (Å²) in [4.78, 5) is 10.5. The van der Waals surface area contributed by atoms with E-state index in [0.29, 0.717) is 11.8 Å². The lowest BCUT2D eigenvalue weighted by Crippen LogP contribution is -2.69. The lowest BCUT2D eigenvalue weighted by molar-refractivity contribution is 0.845. The smallest absolute Gasteiger partial charge is 0.252 e. The number of fused-ring (bicyclic) bond motifs is 15. The Morgan fingerprint density at radius 1 is 0.287 bits per heavy atom. The molecule has 80 heavy (non-hydrogen) atoms. The maximum absolute atomic E-state index is 2.70. The molecule has 0 saturated carbocycles. The lowest BCUT2D eigenvalue weighted by atomic mass is 9.28. The van der Waals surface area contributed by atoms with Crippen LogP contribution in [0.3, 0.4) is 0 Å². The maximum Gasteiger partial charge on any atom is 0.252 e. The number of nitrogens with zero attached hydrogens (tertiary/aromatic N) is 4. The van der Waals surface area contributed by atoms with Gasteiger partial charge in [0.05, 0.1) is 0 Å². The minimum Gasteiger partial charge on any atom is -0.312 e. The first-order valence-electron chi connectivity index (χ1n) is 28.5. The Bertz CT molecular complexity index is 4530. The predicted molar refractivity (Wildman–Crippen MR) is 347 cm³/mol. The molecule has 0 amide bonds. The standard InChI is InChI=1S/C72H53B3N4S/c1-44(2)49-30-22-31-50(45(3)4)69(49)74-54-33-16-18-35-59(54)76(46-23-8-5-9-24-46)63-42-64-57(40-56(63)74)75-58-41-68-52(51-29-14-21-38-67(51)80-68)39-62(58)79-61-37-20-17-34-55(61)73-53-32-15-19-36-60(53)77(47-25-10-6-11-26-47)65-43-66(71(75)72(79)70(65)73)78(64)48-27-12-7-13-28-48/h5-45H,1-4H3. The van der Waals surface area contributed by atoms with Gasteiger partial charge in [0.1, 0.15) is 0 Å². The van der Waals surface area contributed by atoms with Gasteiger partial charge >= 0.3 is 0 Å². The van der Waals surface area contributed by atoms with Gasteiger partial charge in [-0.25, -0.2) is 0 Å². The number of rotatable bonds is 6. The third-order valence-electron chi connectivity index (χ3n) is 18.2. The fourth-order valence-corrected chi connectivity index (χ4v) is 16.2. The minimum absolute atomic E-state index is 0.000714. The molecule has 0 unspecified atom stereocenters. The third kappa shape index (κ3) is 6.31. The van der Waals surface area contributed by atoms with Gasteiger partial charge in [-0.3, -0.25) is 0 Å². The first kappa shape index (κ1) is 46.0. The predicted octanol–water partition coefficient (Wildman–Crippen LogP) is 13.3. The van der Waals surface area contributed by atoms with Gasteiger partial charge in [-0.15, -0.1) is 11.3 Å². The second kappa shape index (κ2) is 17.3. The molecule has 12 aromatic rings. The first-order valence-corrected chi connectivity index (χ1v) is 29.3. The summed E-state index contributed by atoms with van der Waals surface area (Å²) in [6, 6.07) is 90.4. The summed E-state index contributed by atoms with van der Waals surface area (Å²) in [7, 11) is 0. The van der Waals surface area contributed by atoms with E-state index in [2.05, 4.69) is 284 Å². The molecule has 6 heterocycles. The molecule has 1 aromatic heterocycles. The molecule has 376 valence electrons. The van der Waals surface area contributed by atoms with Crippen LogP contribution in [0, 0.1) is 0 Å². The molecule has 0 radical (unpaired) electrons. The molecule has 0 aliphatic carbocycles. The van der Waals surface area contributed by atoms with Crippen molar-refractivity contribution in [1.82, 2.24) is 0 Å². The molecule has 4 nitrogen and oxygen atoms in total. The van der Waals surface area contributed by atoms with E-state index in [9.17, 15) is 0 Å². The number of anilines is 12. The van der Waals surface area contributed by atoms with Crippen LogP contribution >= 0.6 is 11.3 Å². The number of thiophene rings is 1. The van der Waals surface area contributed by atoms with Crippen molar-refractivity contribution < 1.29 is 0 Å².